The monoisotopic (exact) mass is 481 g/mol. The van der Waals surface area contributed by atoms with Gasteiger partial charge in [-0.05, 0) is 71.8 Å². The quantitative estimate of drug-likeness (QED) is 0.223. The molecule has 0 unspecified atom stereocenters. The largest absolute Gasteiger partial charge is 0.303 e. The molecule has 1 aliphatic rings. The molecule has 2 aromatic heterocycles. The molecule has 182 valence electrons. The Morgan fingerprint density at radius 3 is 2.16 bits per heavy atom. The highest BCUT2D eigenvalue weighted by Gasteiger charge is 2.27. The van der Waals surface area contributed by atoms with Gasteiger partial charge in [0, 0.05) is 22.5 Å². The summed E-state index contributed by atoms with van der Waals surface area (Å²) in [6, 6.07) is 33.6. The van der Waals surface area contributed by atoms with Gasteiger partial charge in [0.2, 0.25) is 5.69 Å². The van der Waals surface area contributed by atoms with Crippen LogP contribution in [-0.4, -0.2) is 4.57 Å². The van der Waals surface area contributed by atoms with E-state index in [4.69, 9.17) is 0 Å². The van der Waals surface area contributed by atoms with Crippen LogP contribution in [0.3, 0.4) is 0 Å². The third-order valence-electron chi connectivity index (χ3n) is 8.62. The summed E-state index contributed by atoms with van der Waals surface area (Å²) in [5.74, 6) is 0.641. The van der Waals surface area contributed by atoms with Gasteiger partial charge in [0.05, 0.1) is 11.1 Å². The zero-order valence-electron chi connectivity index (χ0n) is 21.7. The number of aromatic nitrogens is 2. The number of rotatable bonds is 3. The van der Waals surface area contributed by atoms with E-state index in [0.29, 0.717) is 5.92 Å². The summed E-state index contributed by atoms with van der Waals surface area (Å²) in [7, 11) is 2.21. The fraction of sp³-hybridized carbons (Fsp3) is 0.229. The number of para-hydroxylation sites is 2. The fourth-order valence-electron chi connectivity index (χ4n) is 6.80. The van der Waals surface area contributed by atoms with E-state index < -0.39 is 0 Å². The minimum absolute atomic E-state index is 0.641. The van der Waals surface area contributed by atoms with E-state index >= 15 is 0 Å². The van der Waals surface area contributed by atoms with Gasteiger partial charge in [-0.15, -0.1) is 0 Å². The van der Waals surface area contributed by atoms with Crippen molar-refractivity contribution >= 4 is 32.6 Å². The Labute approximate surface area is 218 Å². The molecule has 1 saturated carbocycles. The zero-order chi connectivity index (χ0) is 24.9. The standard InChI is InChI=1S/C35H33N2/c1-24-27-17-9-10-18-28(27)32(25-13-5-3-6-14-25)23-31(24)34-35-30(21-22-36(34)2)29-19-11-12-20-33(29)37(35)26-15-7-4-8-16-26/h4,7-12,15-23,25H,3,5-6,13-14H2,1-2H3/q+1. The first-order valence-electron chi connectivity index (χ1n) is 13.7. The van der Waals surface area contributed by atoms with Crippen molar-refractivity contribution in [2.45, 2.75) is 44.9 Å². The first kappa shape index (κ1) is 22.3. The van der Waals surface area contributed by atoms with E-state index in [1.165, 1.54) is 92.8 Å². The van der Waals surface area contributed by atoms with Crippen LogP contribution in [0.1, 0.15) is 49.1 Å². The van der Waals surface area contributed by atoms with Gasteiger partial charge in [-0.2, -0.15) is 4.57 Å². The van der Waals surface area contributed by atoms with Crippen molar-refractivity contribution in [3.8, 4) is 16.9 Å². The van der Waals surface area contributed by atoms with Gasteiger partial charge in [-0.1, -0.05) is 79.9 Å². The Morgan fingerprint density at radius 1 is 0.703 bits per heavy atom. The van der Waals surface area contributed by atoms with Gasteiger partial charge in [-0.25, -0.2) is 0 Å². The first-order valence-corrected chi connectivity index (χ1v) is 13.7. The molecule has 0 aliphatic heterocycles. The number of fused-ring (bicyclic) bond motifs is 4. The molecule has 0 spiro atoms. The summed E-state index contributed by atoms with van der Waals surface area (Å²) in [5, 5.41) is 5.43. The first-order chi connectivity index (χ1) is 18.2. The number of nitrogens with zero attached hydrogens (tertiary/aromatic N) is 2. The number of hydrogen-bond acceptors (Lipinski definition) is 0. The lowest BCUT2D eigenvalue weighted by Gasteiger charge is -2.25. The third kappa shape index (κ3) is 3.50. The molecule has 0 bridgehead atoms. The summed E-state index contributed by atoms with van der Waals surface area (Å²) in [6.07, 6.45) is 8.90. The minimum Gasteiger partial charge on any atom is -0.303 e. The van der Waals surface area contributed by atoms with E-state index in [9.17, 15) is 0 Å². The van der Waals surface area contributed by atoms with E-state index in [1.54, 1.807) is 0 Å². The molecule has 0 amide bonds. The van der Waals surface area contributed by atoms with Crippen LogP contribution >= 0.6 is 0 Å². The summed E-state index contributed by atoms with van der Waals surface area (Å²) < 4.78 is 4.80. The topological polar surface area (TPSA) is 8.81 Å². The molecule has 2 nitrogen and oxygen atoms in total. The smallest absolute Gasteiger partial charge is 0.237 e. The third-order valence-corrected chi connectivity index (χ3v) is 8.62. The summed E-state index contributed by atoms with van der Waals surface area (Å²) >= 11 is 0. The maximum Gasteiger partial charge on any atom is 0.237 e. The minimum atomic E-state index is 0.641. The van der Waals surface area contributed by atoms with Gasteiger partial charge >= 0.3 is 0 Å². The van der Waals surface area contributed by atoms with E-state index in [2.05, 4.69) is 120 Å². The van der Waals surface area contributed by atoms with Crippen LogP contribution in [0, 0.1) is 6.92 Å². The van der Waals surface area contributed by atoms with Gasteiger partial charge in [-0.3, -0.25) is 0 Å². The second-order valence-corrected chi connectivity index (χ2v) is 10.7. The molecular weight excluding hydrogens is 448 g/mol. The molecular formula is C35H33N2+. The predicted molar refractivity (Wildman–Crippen MR) is 155 cm³/mol. The van der Waals surface area contributed by atoms with Crippen LogP contribution in [0.15, 0.2) is 97.2 Å². The molecule has 6 aromatic rings. The average Bonchev–Trinajstić information content (AvgIpc) is 3.29. The Morgan fingerprint density at radius 2 is 1.38 bits per heavy atom. The molecule has 4 aromatic carbocycles. The van der Waals surface area contributed by atoms with Crippen molar-refractivity contribution in [1.29, 1.82) is 0 Å². The van der Waals surface area contributed by atoms with Crippen molar-refractivity contribution < 1.29 is 4.57 Å². The lowest BCUT2D eigenvalue weighted by Crippen LogP contribution is -2.31. The van der Waals surface area contributed by atoms with Crippen molar-refractivity contribution in [3.63, 3.8) is 0 Å². The van der Waals surface area contributed by atoms with Crippen molar-refractivity contribution in [3.05, 3.63) is 108 Å². The van der Waals surface area contributed by atoms with Gasteiger partial charge in [0.15, 0.2) is 6.20 Å². The molecule has 0 atom stereocenters. The van der Waals surface area contributed by atoms with Crippen molar-refractivity contribution in [1.82, 2.24) is 4.57 Å². The van der Waals surface area contributed by atoms with Crippen LogP contribution in [0.5, 0.6) is 0 Å². The average molecular weight is 482 g/mol. The van der Waals surface area contributed by atoms with E-state index in [0.717, 1.165) is 0 Å². The zero-order valence-corrected chi connectivity index (χ0v) is 21.7. The molecule has 7 rings (SSSR count). The van der Waals surface area contributed by atoms with Gasteiger partial charge in [0.25, 0.3) is 0 Å². The molecule has 2 heterocycles. The Hall–Kier alpha value is -3.91. The second-order valence-electron chi connectivity index (χ2n) is 10.7. The van der Waals surface area contributed by atoms with Gasteiger partial charge < -0.3 is 4.57 Å². The fourth-order valence-corrected chi connectivity index (χ4v) is 6.80. The maximum atomic E-state index is 2.55. The molecule has 0 N–H and O–H groups in total. The second kappa shape index (κ2) is 8.88. The summed E-state index contributed by atoms with van der Waals surface area (Å²) in [5.41, 5.74) is 9.28. The van der Waals surface area contributed by atoms with Crippen LogP contribution in [0.25, 0.3) is 49.5 Å². The highest BCUT2D eigenvalue weighted by Crippen LogP contribution is 2.43. The highest BCUT2D eigenvalue weighted by atomic mass is 15.0. The number of benzene rings is 4. The molecule has 37 heavy (non-hydrogen) atoms. The highest BCUT2D eigenvalue weighted by molar-refractivity contribution is 6.13. The lowest BCUT2D eigenvalue weighted by atomic mass is 9.80. The number of aryl methyl sites for hydroxylation is 2. The van der Waals surface area contributed by atoms with E-state index in [-0.39, 0.29) is 0 Å². The van der Waals surface area contributed by atoms with E-state index in [1.807, 2.05) is 0 Å². The Kier molecular flexibility index (Phi) is 5.35. The van der Waals surface area contributed by atoms with Crippen LogP contribution in [-0.2, 0) is 7.05 Å². The summed E-state index contributed by atoms with van der Waals surface area (Å²) in [4.78, 5) is 0. The van der Waals surface area contributed by atoms with Gasteiger partial charge in [0.1, 0.15) is 12.6 Å². The summed E-state index contributed by atoms with van der Waals surface area (Å²) in [6.45, 7) is 2.32. The van der Waals surface area contributed by atoms with Crippen LogP contribution in [0.2, 0.25) is 0 Å². The Bertz CT molecular complexity index is 1770. The lowest BCUT2D eigenvalue weighted by molar-refractivity contribution is -0.659. The van der Waals surface area contributed by atoms with Crippen LogP contribution < -0.4 is 4.57 Å². The Balaban J connectivity index is 1.62. The maximum absolute atomic E-state index is 2.55. The number of pyridine rings is 1. The van der Waals surface area contributed by atoms with Crippen molar-refractivity contribution in [2.24, 2.45) is 7.05 Å². The SMILES string of the molecule is Cc1c(-c2c3c(cc[n+]2C)c2ccccc2n3-c2ccccc2)cc(C2CCCCC2)c2ccccc12. The molecule has 0 radical (unpaired) electrons. The molecule has 1 aliphatic carbocycles. The number of hydrogen-bond donors (Lipinski definition) is 0. The van der Waals surface area contributed by atoms with Crippen molar-refractivity contribution in [2.75, 3.05) is 0 Å². The predicted octanol–water partition coefficient (Wildman–Crippen LogP) is 8.78. The van der Waals surface area contributed by atoms with Crippen LogP contribution in [0.4, 0.5) is 0 Å². The molecule has 0 saturated heterocycles. The molecule has 2 heteroatoms. The normalized spacial score (nSPS) is 14.6. The molecule has 1 fully saturated rings.